The summed E-state index contributed by atoms with van der Waals surface area (Å²) in [5.74, 6) is 0. The Hall–Kier alpha value is -6.93. The van der Waals surface area contributed by atoms with E-state index in [0.29, 0.717) is 5.56 Å². The van der Waals surface area contributed by atoms with Crippen LogP contribution < -0.4 is 0 Å². The molecule has 3 aromatic heterocycles. The van der Waals surface area contributed by atoms with Gasteiger partial charge in [-0.3, -0.25) is 0 Å². The fourth-order valence-electron chi connectivity index (χ4n) is 8.37. The number of fused-ring (bicyclic) bond motifs is 9. The van der Waals surface area contributed by atoms with Crippen molar-refractivity contribution in [1.82, 2.24) is 9.13 Å². The van der Waals surface area contributed by atoms with E-state index in [2.05, 4.69) is 179 Å². The highest BCUT2D eigenvalue weighted by molar-refractivity contribution is 7.26. The average molecular weight is 692 g/mol. The smallest absolute Gasteiger partial charge is 0.0992 e. The van der Waals surface area contributed by atoms with Crippen LogP contribution in [0.3, 0.4) is 0 Å². The average Bonchev–Trinajstić information content (AvgIpc) is 3.88. The van der Waals surface area contributed by atoms with Crippen molar-refractivity contribution in [2.45, 2.75) is 0 Å². The topological polar surface area (TPSA) is 33.6 Å². The summed E-state index contributed by atoms with van der Waals surface area (Å²) in [7, 11) is 0. The number of para-hydroxylation sites is 3. The van der Waals surface area contributed by atoms with E-state index in [1.807, 2.05) is 23.5 Å². The monoisotopic (exact) mass is 691 g/mol. The highest BCUT2D eigenvalue weighted by Crippen LogP contribution is 2.42. The number of hydrogen-bond acceptors (Lipinski definition) is 2. The molecule has 0 saturated carbocycles. The molecule has 0 bridgehead atoms. The van der Waals surface area contributed by atoms with Crippen LogP contribution in [0.25, 0.3) is 97.4 Å². The number of rotatable bonds is 4. The third-order valence-corrected chi connectivity index (χ3v) is 11.9. The minimum Gasteiger partial charge on any atom is -0.309 e. The Morgan fingerprint density at radius 1 is 0.396 bits per heavy atom. The molecule has 11 rings (SSSR count). The second-order valence-corrected chi connectivity index (χ2v) is 14.7. The van der Waals surface area contributed by atoms with Gasteiger partial charge in [-0.1, -0.05) is 103 Å². The van der Waals surface area contributed by atoms with Gasteiger partial charge in [-0.15, -0.1) is 11.3 Å². The van der Waals surface area contributed by atoms with E-state index in [4.69, 9.17) is 0 Å². The molecule has 53 heavy (non-hydrogen) atoms. The Labute approximate surface area is 309 Å². The number of thiophene rings is 1. The number of benzene rings is 8. The summed E-state index contributed by atoms with van der Waals surface area (Å²) in [5.41, 5.74) is 11.9. The van der Waals surface area contributed by atoms with E-state index < -0.39 is 0 Å². The lowest BCUT2D eigenvalue weighted by molar-refractivity contribution is 1.18. The maximum absolute atomic E-state index is 10.3. The van der Waals surface area contributed by atoms with Crippen LogP contribution in [0, 0.1) is 11.3 Å². The third-order valence-electron chi connectivity index (χ3n) is 10.7. The molecule has 0 saturated heterocycles. The van der Waals surface area contributed by atoms with Crippen molar-refractivity contribution in [3.63, 3.8) is 0 Å². The van der Waals surface area contributed by atoms with Gasteiger partial charge in [-0.2, -0.15) is 5.26 Å². The molecule has 0 unspecified atom stereocenters. The fraction of sp³-hybridized carbons (Fsp3) is 0. The molecule has 3 nitrogen and oxygen atoms in total. The summed E-state index contributed by atoms with van der Waals surface area (Å²) >= 11 is 1.81. The molecule has 3 heterocycles. The van der Waals surface area contributed by atoms with Crippen molar-refractivity contribution in [3.8, 4) is 39.7 Å². The van der Waals surface area contributed by atoms with Crippen LogP contribution in [0.5, 0.6) is 0 Å². The van der Waals surface area contributed by atoms with Crippen LogP contribution in [0.15, 0.2) is 176 Å². The van der Waals surface area contributed by atoms with E-state index >= 15 is 0 Å². The molecule has 0 amide bonds. The van der Waals surface area contributed by atoms with E-state index in [1.165, 1.54) is 63.9 Å². The first-order chi connectivity index (χ1) is 26.2. The van der Waals surface area contributed by atoms with Gasteiger partial charge >= 0.3 is 0 Å². The van der Waals surface area contributed by atoms with Crippen molar-refractivity contribution < 1.29 is 0 Å². The maximum Gasteiger partial charge on any atom is 0.0992 e. The minimum absolute atomic E-state index is 0.640. The summed E-state index contributed by atoms with van der Waals surface area (Å²) in [6.07, 6.45) is 0. The third kappa shape index (κ3) is 4.52. The van der Waals surface area contributed by atoms with E-state index in [1.54, 1.807) is 0 Å². The van der Waals surface area contributed by atoms with E-state index in [0.717, 1.165) is 33.5 Å². The van der Waals surface area contributed by atoms with Crippen LogP contribution >= 0.6 is 11.3 Å². The Kier molecular flexibility index (Phi) is 6.48. The Morgan fingerprint density at radius 2 is 0.962 bits per heavy atom. The van der Waals surface area contributed by atoms with Gasteiger partial charge in [0.25, 0.3) is 0 Å². The molecule has 0 spiro atoms. The van der Waals surface area contributed by atoms with Gasteiger partial charge in [0.2, 0.25) is 0 Å². The molecule has 0 aliphatic rings. The molecule has 0 aliphatic carbocycles. The summed E-state index contributed by atoms with van der Waals surface area (Å²) in [6, 6.07) is 65.4. The van der Waals surface area contributed by atoms with E-state index in [9.17, 15) is 5.26 Å². The lowest BCUT2D eigenvalue weighted by Gasteiger charge is -2.12. The van der Waals surface area contributed by atoms with Crippen molar-refractivity contribution in [3.05, 3.63) is 181 Å². The van der Waals surface area contributed by atoms with Crippen molar-refractivity contribution in [1.29, 1.82) is 5.26 Å². The minimum atomic E-state index is 0.640. The molecular formula is C49H29N3S. The number of hydrogen-bond donors (Lipinski definition) is 0. The molecule has 11 aromatic rings. The molecule has 4 heteroatoms. The van der Waals surface area contributed by atoms with Crippen LogP contribution in [0.2, 0.25) is 0 Å². The number of nitrogens with zero attached hydrogens (tertiary/aromatic N) is 3. The van der Waals surface area contributed by atoms with Crippen LogP contribution in [-0.4, -0.2) is 9.13 Å². The molecule has 0 aliphatic heterocycles. The van der Waals surface area contributed by atoms with Gasteiger partial charge in [0.05, 0.1) is 33.7 Å². The number of aromatic nitrogens is 2. The van der Waals surface area contributed by atoms with Crippen molar-refractivity contribution >= 4 is 75.1 Å². The lowest BCUT2D eigenvalue weighted by Crippen LogP contribution is -1.96. The first kappa shape index (κ1) is 29.8. The zero-order valence-corrected chi connectivity index (χ0v) is 29.3. The predicted molar refractivity (Wildman–Crippen MR) is 224 cm³/mol. The molecule has 246 valence electrons. The van der Waals surface area contributed by atoms with Gasteiger partial charge in [0.1, 0.15) is 0 Å². The molecular weight excluding hydrogens is 663 g/mol. The Balaban J connectivity index is 1.09. The quantitative estimate of drug-likeness (QED) is 0.181. The predicted octanol–water partition coefficient (Wildman–Crippen LogP) is 13.5. The van der Waals surface area contributed by atoms with Crippen molar-refractivity contribution in [2.24, 2.45) is 0 Å². The molecule has 8 aromatic carbocycles. The standard InChI is InChI=1S/C49H29N3S/c50-30-31-25-34(37-16-10-17-41-40-15-6-9-20-48(40)53-49(37)41)27-36(26-31)52-45-19-8-5-14-39(45)43-29-33(22-24-47(43)52)32-21-23-46-42(28-32)38-13-4-7-18-44(38)51(46)35-11-2-1-3-12-35/h1-29H. The first-order valence-electron chi connectivity index (χ1n) is 17.8. The van der Waals surface area contributed by atoms with Crippen molar-refractivity contribution in [2.75, 3.05) is 0 Å². The van der Waals surface area contributed by atoms with Gasteiger partial charge in [0.15, 0.2) is 0 Å². The highest BCUT2D eigenvalue weighted by atomic mass is 32.1. The fourth-order valence-corrected chi connectivity index (χ4v) is 9.61. The van der Waals surface area contributed by atoms with Crippen LogP contribution in [0.4, 0.5) is 0 Å². The van der Waals surface area contributed by atoms with Gasteiger partial charge in [0, 0.05) is 53.1 Å². The summed E-state index contributed by atoms with van der Waals surface area (Å²) in [6.45, 7) is 0. The lowest BCUT2D eigenvalue weighted by atomic mass is 10.00. The summed E-state index contributed by atoms with van der Waals surface area (Å²) in [5, 5.41) is 17.7. The van der Waals surface area contributed by atoms with E-state index in [-0.39, 0.29) is 0 Å². The first-order valence-corrected chi connectivity index (χ1v) is 18.6. The van der Waals surface area contributed by atoms with Gasteiger partial charge in [-0.05, 0) is 95.1 Å². The molecule has 0 radical (unpaired) electrons. The Bertz CT molecular complexity index is 3300. The maximum atomic E-state index is 10.3. The zero-order chi connectivity index (χ0) is 35.0. The second kappa shape index (κ2) is 11.5. The zero-order valence-electron chi connectivity index (χ0n) is 28.5. The van der Waals surface area contributed by atoms with Gasteiger partial charge < -0.3 is 9.13 Å². The SMILES string of the molecule is N#Cc1cc(-c2cccc3c2sc2ccccc23)cc(-n2c3ccccc3c3cc(-c4ccc5c(c4)c4ccccc4n5-c4ccccc4)ccc32)c1. The van der Waals surface area contributed by atoms with Crippen LogP contribution in [0.1, 0.15) is 5.56 Å². The van der Waals surface area contributed by atoms with Gasteiger partial charge in [-0.25, -0.2) is 0 Å². The highest BCUT2D eigenvalue weighted by Gasteiger charge is 2.18. The molecule has 0 N–H and O–H groups in total. The number of nitriles is 1. The molecule has 0 atom stereocenters. The summed E-state index contributed by atoms with van der Waals surface area (Å²) in [4.78, 5) is 0. The Morgan fingerprint density at radius 3 is 1.64 bits per heavy atom. The van der Waals surface area contributed by atoms with Crippen LogP contribution in [-0.2, 0) is 0 Å². The second-order valence-electron chi connectivity index (χ2n) is 13.7. The summed E-state index contributed by atoms with van der Waals surface area (Å²) < 4.78 is 7.19. The normalized spacial score (nSPS) is 11.8. The molecule has 0 fully saturated rings. The largest absolute Gasteiger partial charge is 0.309 e.